The highest BCUT2D eigenvalue weighted by Gasteiger charge is 2.21. The first kappa shape index (κ1) is 16.0. The molecule has 3 aromatic rings. The molecule has 1 aliphatic rings. The van der Waals surface area contributed by atoms with Crippen LogP contribution in [0.5, 0.6) is 11.5 Å². The molecule has 4 rings (SSSR count). The molecule has 0 fully saturated rings. The third kappa shape index (κ3) is 2.93. The van der Waals surface area contributed by atoms with Crippen LogP contribution in [0.3, 0.4) is 0 Å². The van der Waals surface area contributed by atoms with Crippen molar-refractivity contribution in [2.24, 2.45) is 12.1 Å². The van der Waals surface area contributed by atoms with Crippen LogP contribution in [-0.2, 0) is 7.05 Å². The standard InChI is InChI=1S/C14H11N7O4S/c1-20-11(21(22)23)6-15-12(20)13-17-19-14(26-13)18-16-5-8-2-3-9-10(4-8)25-7-24-9/h2-6H,7H2,1H3,(H,18,19)/b16-5+. The minimum atomic E-state index is -0.508. The van der Waals surface area contributed by atoms with Gasteiger partial charge in [-0.2, -0.15) is 5.10 Å². The fraction of sp³-hybridized carbons (Fsp3) is 0.143. The molecule has 0 radical (unpaired) electrons. The van der Waals surface area contributed by atoms with Gasteiger partial charge in [0.25, 0.3) is 5.82 Å². The summed E-state index contributed by atoms with van der Waals surface area (Å²) in [5.74, 6) is 1.61. The smallest absolute Gasteiger partial charge is 0.342 e. The van der Waals surface area contributed by atoms with E-state index in [-0.39, 0.29) is 12.6 Å². The van der Waals surface area contributed by atoms with Crippen LogP contribution < -0.4 is 14.9 Å². The number of nitro groups is 1. The highest BCUT2D eigenvalue weighted by Crippen LogP contribution is 2.32. The molecule has 3 heterocycles. The summed E-state index contributed by atoms with van der Waals surface area (Å²) < 4.78 is 11.9. The molecule has 0 saturated carbocycles. The predicted molar refractivity (Wildman–Crippen MR) is 92.5 cm³/mol. The average molecular weight is 373 g/mol. The van der Waals surface area contributed by atoms with Gasteiger partial charge in [-0.1, -0.05) is 11.3 Å². The largest absolute Gasteiger partial charge is 0.454 e. The van der Waals surface area contributed by atoms with Crippen molar-refractivity contribution in [3.05, 3.63) is 40.1 Å². The van der Waals surface area contributed by atoms with E-state index in [0.717, 1.165) is 5.56 Å². The lowest BCUT2D eigenvalue weighted by atomic mass is 10.2. The zero-order valence-corrected chi connectivity index (χ0v) is 14.1. The summed E-state index contributed by atoms with van der Waals surface area (Å²) in [7, 11) is 1.55. The number of rotatable bonds is 5. The number of nitrogens with one attached hydrogen (secondary N) is 1. The van der Waals surface area contributed by atoms with Crippen molar-refractivity contribution >= 4 is 28.5 Å². The number of imidazole rings is 1. The Hall–Kier alpha value is -3.54. The van der Waals surface area contributed by atoms with E-state index in [9.17, 15) is 10.1 Å². The van der Waals surface area contributed by atoms with Gasteiger partial charge in [0.05, 0.1) is 13.3 Å². The summed E-state index contributed by atoms with van der Waals surface area (Å²) in [6.07, 6.45) is 2.79. The second kappa shape index (κ2) is 6.40. The van der Waals surface area contributed by atoms with Gasteiger partial charge in [0.2, 0.25) is 16.9 Å². The number of benzene rings is 1. The summed E-state index contributed by atoms with van der Waals surface area (Å²) in [4.78, 5) is 14.4. The molecule has 132 valence electrons. The molecule has 0 amide bonds. The van der Waals surface area contributed by atoms with Crippen LogP contribution in [0.15, 0.2) is 29.5 Å². The molecule has 0 spiro atoms. The third-order valence-electron chi connectivity index (χ3n) is 3.54. The molecule has 1 aliphatic heterocycles. The second-order valence-electron chi connectivity index (χ2n) is 5.15. The number of hydrogen-bond acceptors (Lipinski definition) is 10. The summed E-state index contributed by atoms with van der Waals surface area (Å²) in [6, 6.07) is 5.46. The van der Waals surface area contributed by atoms with Gasteiger partial charge >= 0.3 is 5.82 Å². The van der Waals surface area contributed by atoms with Crippen LogP contribution in [0.1, 0.15) is 5.56 Å². The molecular weight excluding hydrogens is 362 g/mol. The fourth-order valence-electron chi connectivity index (χ4n) is 2.28. The quantitative estimate of drug-likeness (QED) is 0.408. The topological polar surface area (TPSA) is 130 Å². The SMILES string of the molecule is Cn1c([N+](=O)[O-])cnc1-c1nnc(N/N=C/c2ccc3c(c2)OCO3)s1. The van der Waals surface area contributed by atoms with E-state index in [1.807, 2.05) is 12.1 Å². The van der Waals surface area contributed by atoms with Gasteiger partial charge in [0.15, 0.2) is 11.5 Å². The number of aromatic nitrogens is 4. The van der Waals surface area contributed by atoms with Crippen LogP contribution in [0.2, 0.25) is 0 Å². The number of anilines is 1. The number of hydrazone groups is 1. The zero-order valence-electron chi connectivity index (χ0n) is 13.3. The molecule has 26 heavy (non-hydrogen) atoms. The normalized spacial score (nSPS) is 12.7. The number of nitrogens with zero attached hydrogens (tertiary/aromatic N) is 6. The van der Waals surface area contributed by atoms with Crippen LogP contribution in [0.25, 0.3) is 10.8 Å². The molecule has 1 N–H and O–H groups in total. The average Bonchev–Trinajstić information content (AvgIpc) is 3.33. The van der Waals surface area contributed by atoms with E-state index >= 15 is 0 Å². The molecule has 0 saturated heterocycles. The predicted octanol–water partition coefficient (Wildman–Crippen LogP) is 2.02. The molecule has 0 bridgehead atoms. The lowest BCUT2D eigenvalue weighted by molar-refractivity contribution is -0.391. The van der Waals surface area contributed by atoms with Crippen LogP contribution in [-0.4, -0.2) is 37.7 Å². The molecule has 11 nitrogen and oxygen atoms in total. The maximum absolute atomic E-state index is 10.9. The van der Waals surface area contributed by atoms with Gasteiger partial charge in [-0.05, 0) is 28.7 Å². The Morgan fingerprint density at radius 2 is 2.23 bits per heavy atom. The van der Waals surface area contributed by atoms with E-state index in [1.54, 1.807) is 19.3 Å². The second-order valence-corrected chi connectivity index (χ2v) is 6.13. The minimum absolute atomic E-state index is 0.120. The minimum Gasteiger partial charge on any atom is -0.454 e. The molecule has 12 heteroatoms. The summed E-state index contributed by atoms with van der Waals surface area (Å²) >= 11 is 1.18. The van der Waals surface area contributed by atoms with E-state index in [0.29, 0.717) is 27.5 Å². The summed E-state index contributed by atoms with van der Waals surface area (Å²) in [6.45, 7) is 0.215. The molecule has 2 aromatic heterocycles. The van der Waals surface area contributed by atoms with Crippen molar-refractivity contribution in [1.82, 2.24) is 19.7 Å². The van der Waals surface area contributed by atoms with Crippen LogP contribution in [0.4, 0.5) is 10.9 Å². The van der Waals surface area contributed by atoms with E-state index < -0.39 is 4.92 Å². The first-order valence-electron chi connectivity index (χ1n) is 7.30. The molecule has 0 aliphatic carbocycles. The maximum Gasteiger partial charge on any atom is 0.342 e. The van der Waals surface area contributed by atoms with Crippen molar-refractivity contribution < 1.29 is 14.4 Å². The monoisotopic (exact) mass is 373 g/mol. The molecule has 0 unspecified atom stereocenters. The Morgan fingerprint density at radius 3 is 3.04 bits per heavy atom. The number of hydrogen-bond donors (Lipinski definition) is 1. The Kier molecular flexibility index (Phi) is 3.93. The van der Waals surface area contributed by atoms with Crippen molar-refractivity contribution in [2.75, 3.05) is 12.2 Å². The third-order valence-corrected chi connectivity index (χ3v) is 4.36. The van der Waals surface area contributed by atoms with Gasteiger partial charge in [-0.25, -0.2) is 9.55 Å². The van der Waals surface area contributed by atoms with Crippen molar-refractivity contribution in [3.63, 3.8) is 0 Å². The number of fused-ring (bicyclic) bond motifs is 1. The van der Waals surface area contributed by atoms with Gasteiger partial charge in [-0.15, -0.1) is 10.2 Å². The van der Waals surface area contributed by atoms with Crippen molar-refractivity contribution in [3.8, 4) is 22.3 Å². The van der Waals surface area contributed by atoms with Gasteiger partial charge in [0.1, 0.15) is 6.20 Å². The first-order valence-corrected chi connectivity index (χ1v) is 8.12. The van der Waals surface area contributed by atoms with E-state index in [4.69, 9.17) is 9.47 Å². The lowest BCUT2D eigenvalue weighted by Gasteiger charge is -1.97. The zero-order chi connectivity index (χ0) is 18.1. The van der Waals surface area contributed by atoms with E-state index in [1.165, 1.54) is 22.1 Å². The first-order chi connectivity index (χ1) is 12.6. The summed E-state index contributed by atoms with van der Waals surface area (Å²) in [5.41, 5.74) is 3.60. The van der Waals surface area contributed by atoms with Crippen LogP contribution in [0, 0.1) is 10.1 Å². The molecule has 1 aromatic carbocycles. The Labute approximate surface area is 150 Å². The van der Waals surface area contributed by atoms with Gasteiger partial charge in [-0.3, -0.25) is 5.43 Å². The Morgan fingerprint density at radius 1 is 1.38 bits per heavy atom. The van der Waals surface area contributed by atoms with Crippen molar-refractivity contribution in [1.29, 1.82) is 0 Å². The maximum atomic E-state index is 10.9. The van der Waals surface area contributed by atoms with Gasteiger partial charge in [0, 0.05) is 0 Å². The highest BCUT2D eigenvalue weighted by molar-refractivity contribution is 7.18. The Balaban J connectivity index is 1.46. The van der Waals surface area contributed by atoms with Crippen LogP contribution >= 0.6 is 11.3 Å². The Bertz CT molecular complexity index is 1010. The number of ether oxygens (including phenoxy) is 2. The fourth-order valence-corrected chi connectivity index (χ4v) is 3.01. The molecule has 0 atom stereocenters. The van der Waals surface area contributed by atoms with E-state index in [2.05, 4.69) is 25.7 Å². The molecular formula is C14H11N7O4S. The highest BCUT2D eigenvalue weighted by atomic mass is 32.1. The van der Waals surface area contributed by atoms with Crippen molar-refractivity contribution in [2.45, 2.75) is 0 Å². The summed E-state index contributed by atoms with van der Waals surface area (Å²) in [5, 5.41) is 23.8. The lowest BCUT2D eigenvalue weighted by Crippen LogP contribution is -1.98. The van der Waals surface area contributed by atoms with Gasteiger partial charge < -0.3 is 19.6 Å².